The van der Waals surface area contributed by atoms with E-state index in [2.05, 4.69) is 10.3 Å². The van der Waals surface area contributed by atoms with Gasteiger partial charge in [-0.3, -0.25) is 19.2 Å². The number of ether oxygens (including phenoxy) is 2. The maximum atomic E-state index is 14.0. The number of H-pyrrole nitrogens is 1. The first kappa shape index (κ1) is 30.3. The van der Waals surface area contributed by atoms with Crippen LogP contribution in [0.15, 0.2) is 70.5 Å². The molecule has 3 atom stereocenters. The van der Waals surface area contributed by atoms with Gasteiger partial charge in [0.15, 0.2) is 18.1 Å². The summed E-state index contributed by atoms with van der Waals surface area (Å²) in [6, 6.07) is 17.2. The summed E-state index contributed by atoms with van der Waals surface area (Å²) in [5.41, 5.74) is 2.67. The summed E-state index contributed by atoms with van der Waals surface area (Å²) in [6.45, 7) is 3.74. The zero-order valence-corrected chi connectivity index (χ0v) is 26.5. The average molecular weight is 671 g/mol. The van der Waals surface area contributed by atoms with Crippen molar-refractivity contribution >= 4 is 75.4 Å². The highest BCUT2D eigenvalue weighted by atomic mass is 35.5. The monoisotopic (exact) mass is 669 g/mol. The molecular weight excluding hydrogens is 645 g/mol. The standard InChI is InChI=1S/C31H25Cl2N3O6S2/c1-3-41-22-12-16(6-11-21(22)42-14-23(37)34-17-7-10-19(32)20(33)13-17)24-25-27(43-28-26(24)44-31(40)35-28)30(39)36(29(25)38)18-8-4-15(2)5-9-18/h4-13,24-25,27H,3,14H2,1-2H3,(H,34,37)(H,35,40). The second-order valence-electron chi connectivity index (χ2n) is 10.2. The fraction of sp³-hybridized carbons (Fsp3) is 0.226. The van der Waals surface area contributed by atoms with Crippen LogP contribution in [-0.4, -0.2) is 41.2 Å². The molecule has 3 aromatic carbocycles. The van der Waals surface area contributed by atoms with E-state index in [4.69, 9.17) is 32.7 Å². The first-order valence-corrected chi connectivity index (χ1v) is 16.1. The molecule has 2 N–H and O–H groups in total. The number of aryl methyl sites for hydroxylation is 1. The molecule has 44 heavy (non-hydrogen) atoms. The Morgan fingerprint density at radius 2 is 1.73 bits per heavy atom. The van der Waals surface area contributed by atoms with Crippen molar-refractivity contribution in [2.75, 3.05) is 23.4 Å². The lowest BCUT2D eigenvalue weighted by Crippen LogP contribution is -2.32. The highest BCUT2D eigenvalue weighted by molar-refractivity contribution is 8.00. The molecule has 0 saturated carbocycles. The van der Waals surface area contributed by atoms with E-state index in [9.17, 15) is 19.2 Å². The van der Waals surface area contributed by atoms with E-state index in [0.717, 1.165) is 16.9 Å². The minimum atomic E-state index is -0.744. The first-order chi connectivity index (χ1) is 21.1. The number of nitrogens with one attached hydrogen (secondary N) is 2. The second kappa shape index (κ2) is 12.3. The number of halogens is 2. The maximum Gasteiger partial charge on any atom is 0.305 e. The number of carbonyl (C=O) groups excluding carboxylic acids is 3. The van der Waals surface area contributed by atoms with Crippen LogP contribution in [0.1, 0.15) is 28.8 Å². The lowest BCUT2D eigenvalue weighted by atomic mass is 9.83. The highest BCUT2D eigenvalue weighted by Gasteiger charge is 2.56. The molecule has 13 heteroatoms. The largest absolute Gasteiger partial charge is 0.490 e. The van der Waals surface area contributed by atoms with Gasteiger partial charge in [0.1, 0.15) is 5.25 Å². The lowest BCUT2D eigenvalue weighted by molar-refractivity contribution is -0.122. The number of imide groups is 1. The number of aromatic amines is 1. The Morgan fingerprint density at radius 3 is 2.45 bits per heavy atom. The van der Waals surface area contributed by atoms with Gasteiger partial charge in [-0.2, -0.15) is 0 Å². The molecule has 3 amide bonds. The number of rotatable bonds is 8. The number of nitrogens with zero attached hydrogens (tertiary/aromatic N) is 1. The van der Waals surface area contributed by atoms with E-state index in [-0.39, 0.29) is 23.3 Å². The summed E-state index contributed by atoms with van der Waals surface area (Å²) in [5, 5.41) is 3.25. The third-order valence-electron chi connectivity index (χ3n) is 7.30. The van der Waals surface area contributed by atoms with Crippen molar-refractivity contribution in [3.8, 4) is 11.5 Å². The van der Waals surface area contributed by atoms with E-state index in [1.807, 2.05) is 26.0 Å². The number of carbonyl (C=O) groups is 3. The minimum absolute atomic E-state index is 0.263. The fourth-order valence-corrected chi connectivity index (χ4v) is 8.16. The van der Waals surface area contributed by atoms with E-state index >= 15 is 0 Å². The van der Waals surface area contributed by atoms with Gasteiger partial charge in [-0.15, -0.1) is 0 Å². The summed E-state index contributed by atoms with van der Waals surface area (Å²) >= 11 is 14.2. The first-order valence-electron chi connectivity index (χ1n) is 13.6. The predicted octanol–water partition coefficient (Wildman–Crippen LogP) is 6.26. The molecule has 2 aliphatic heterocycles. The molecule has 2 aliphatic rings. The number of hydrogen-bond acceptors (Lipinski definition) is 8. The Labute approximate surface area is 270 Å². The molecule has 0 spiro atoms. The van der Waals surface area contributed by atoms with Gasteiger partial charge in [0.25, 0.3) is 5.91 Å². The van der Waals surface area contributed by atoms with Crippen LogP contribution in [-0.2, 0) is 14.4 Å². The Kier molecular flexibility index (Phi) is 8.47. The minimum Gasteiger partial charge on any atom is -0.490 e. The Morgan fingerprint density at radius 1 is 0.955 bits per heavy atom. The molecule has 3 heterocycles. The van der Waals surface area contributed by atoms with E-state index in [1.54, 1.807) is 42.5 Å². The summed E-state index contributed by atoms with van der Waals surface area (Å²) in [5.74, 6) is -1.73. The Bertz CT molecular complexity index is 1840. The van der Waals surface area contributed by atoms with Crippen LogP contribution in [0.3, 0.4) is 0 Å². The van der Waals surface area contributed by atoms with Crippen LogP contribution < -0.4 is 24.6 Å². The molecule has 0 bridgehead atoms. The summed E-state index contributed by atoms with van der Waals surface area (Å²) < 4.78 is 11.7. The smallest absolute Gasteiger partial charge is 0.305 e. The van der Waals surface area contributed by atoms with E-state index in [0.29, 0.717) is 55.0 Å². The number of aromatic nitrogens is 1. The topological polar surface area (TPSA) is 118 Å². The third-order valence-corrected chi connectivity index (χ3v) is 10.4. The zero-order chi connectivity index (χ0) is 31.1. The SMILES string of the molecule is CCOc1cc(C2c3sc(=O)[nH]c3SC3C(=O)N(c4ccc(C)cc4)C(=O)C32)ccc1OCC(=O)Nc1ccc(Cl)c(Cl)c1. The number of benzene rings is 3. The van der Waals surface area contributed by atoms with Crippen molar-refractivity contribution in [3.05, 3.63) is 96.4 Å². The van der Waals surface area contributed by atoms with Gasteiger partial charge in [-0.25, -0.2) is 4.90 Å². The van der Waals surface area contributed by atoms with Gasteiger partial charge >= 0.3 is 4.87 Å². The molecule has 0 aliphatic carbocycles. The average Bonchev–Trinajstić information content (AvgIpc) is 3.49. The molecule has 1 fully saturated rings. The van der Waals surface area contributed by atoms with Crippen molar-refractivity contribution in [2.24, 2.45) is 5.92 Å². The van der Waals surface area contributed by atoms with Crippen molar-refractivity contribution in [1.82, 2.24) is 4.98 Å². The van der Waals surface area contributed by atoms with Gasteiger partial charge in [0.2, 0.25) is 11.8 Å². The van der Waals surface area contributed by atoms with E-state index in [1.165, 1.54) is 22.7 Å². The number of anilines is 2. The number of fused-ring (bicyclic) bond motifs is 2. The predicted molar refractivity (Wildman–Crippen MR) is 172 cm³/mol. The van der Waals surface area contributed by atoms with Crippen molar-refractivity contribution in [3.63, 3.8) is 0 Å². The summed E-state index contributed by atoms with van der Waals surface area (Å²) in [4.78, 5) is 57.2. The van der Waals surface area contributed by atoms with Gasteiger partial charge in [-0.05, 0) is 61.9 Å². The number of amides is 3. The van der Waals surface area contributed by atoms with Crippen LogP contribution in [0, 0.1) is 12.8 Å². The normalized spacial score (nSPS) is 19.0. The molecule has 1 aromatic heterocycles. The van der Waals surface area contributed by atoms with Crippen molar-refractivity contribution < 1.29 is 23.9 Å². The van der Waals surface area contributed by atoms with Crippen LogP contribution in [0.2, 0.25) is 10.0 Å². The van der Waals surface area contributed by atoms with Gasteiger partial charge in [-0.1, -0.05) is 70.1 Å². The fourth-order valence-electron chi connectivity index (χ4n) is 5.34. The van der Waals surface area contributed by atoms with Crippen LogP contribution in [0.25, 0.3) is 0 Å². The quantitative estimate of drug-likeness (QED) is 0.213. The van der Waals surface area contributed by atoms with Crippen molar-refractivity contribution in [1.29, 1.82) is 0 Å². The van der Waals surface area contributed by atoms with E-state index < -0.39 is 23.0 Å². The number of thioether (sulfide) groups is 1. The lowest BCUT2D eigenvalue weighted by Gasteiger charge is -2.30. The molecule has 226 valence electrons. The van der Waals surface area contributed by atoms with Gasteiger partial charge in [0.05, 0.1) is 33.3 Å². The molecule has 9 nitrogen and oxygen atoms in total. The Hall–Kier alpha value is -3.77. The molecule has 1 saturated heterocycles. The zero-order valence-electron chi connectivity index (χ0n) is 23.4. The third kappa shape index (κ3) is 5.72. The number of thiazole rings is 1. The molecule has 6 rings (SSSR count). The van der Waals surface area contributed by atoms with Gasteiger partial charge in [0, 0.05) is 16.5 Å². The molecule has 4 aromatic rings. The highest BCUT2D eigenvalue weighted by Crippen LogP contribution is 2.53. The van der Waals surface area contributed by atoms with Crippen molar-refractivity contribution in [2.45, 2.75) is 30.0 Å². The van der Waals surface area contributed by atoms with Crippen LogP contribution in [0.4, 0.5) is 11.4 Å². The summed E-state index contributed by atoms with van der Waals surface area (Å²) in [7, 11) is 0. The molecule has 0 radical (unpaired) electrons. The maximum absolute atomic E-state index is 14.0. The van der Waals surface area contributed by atoms with Gasteiger partial charge < -0.3 is 19.8 Å². The number of hydrogen-bond donors (Lipinski definition) is 2. The van der Waals surface area contributed by atoms with Crippen LogP contribution >= 0.6 is 46.3 Å². The molecular formula is C31H25Cl2N3O6S2. The van der Waals surface area contributed by atoms with Crippen LogP contribution in [0.5, 0.6) is 11.5 Å². The Balaban J connectivity index is 1.30. The second-order valence-corrected chi connectivity index (χ2v) is 13.2. The summed E-state index contributed by atoms with van der Waals surface area (Å²) in [6.07, 6.45) is 0. The molecule has 3 unspecified atom stereocenters.